The Morgan fingerprint density at radius 1 is 1.47 bits per heavy atom. The first-order valence-electron chi connectivity index (χ1n) is 4.50. The molecule has 1 fully saturated rings. The first-order chi connectivity index (χ1) is 6.72. The van der Waals surface area contributed by atoms with E-state index in [9.17, 15) is 14.4 Å². The summed E-state index contributed by atoms with van der Waals surface area (Å²) in [4.78, 5) is 33.7. The van der Waals surface area contributed by atoms with E-state index >= 15 is 0 Å². The zero-order valence-electron chi connectivity index (χ0n) is 8.81. The van der Waals surface area contributed by atoms with Gasteiger partial charge in [-0.05, 0) is 20.8 Å². The largest absolute Gasteiger partial charge is 0.480 e. The van der Waals surface area contributed by atoms with E-state index < -0.39 is 29.6 Å². The summed E-state index contributed by atoms with van der Waals surface area (Å²) in [5.41, 5.74) is -0.740. The lowest BCUT2D eigenvalue weighted by Gasteiger charge is -2.36. The number of carbonyl (C=O) groups is 3. The summed E-state index contributed by atoms with van der Waals surface area (Å²) in [6.45, 7) is 4.93. The number of carbonyl (C=O) groups excluding carboxylic acids is 2. The Morgan fingerprint density at radius 2 is 2.00 bits per heavy atom. The van der Waals surface area contributed by atoms with Gasteiger partial charge < -0.3 is 9.84 Å². The van der Waals surface area contributed by atoms with E-state index in [0.717, 1.165) is 0 Å². The average molecular weight is 215 g/mol. The molecule has 0 spiro atoms. The Balaban J connectivity index is 2.67. The number of amides is 2. The van der Waals surface area contributed by atoms with Crippen molar-refractivity contribution in [3.05, 3.63) is 0 Å². The standard InChI is InChI=1S/C9H13NO5/c1-9(2,3)15-8(14)10-5(7(12)13)4-6(10)11/h5H,4H2,1-3H3,(H,12,13)/t5-/m1/s1. The van der Waals surface area contributed by atoms with Crippen LogP contribution in [0.1, 0.15) is 27.2 Å². The molecule has 0 bridgehead atoms. The van der Waals surface area contributed by atoms with Gasteiger partial charge in [-0.3, -0.25) is 4.79 Å². The quantitative estimate of drug-likeness (QED) is 0.648. The van der Waals surface area contributed by atoms with Gasteiger partial charge in [0, 0.05) is 0 Å². The molecule has 1 rings (SSSR count). The Kier molecular flexibility index (Phi) is 2.70. The van der Waals surface area contributed by atoms with Gasteiger partial charge in [-0.15, -0.1) is 0 Å². The van der Waals surface area contributed by atoms with Crippen molar-refractivity contribution < 1.29 is 24.2 Å². The number of likely N-dealkylation sites (tertiary alicyclic amines) is 1. The smallest absolute Gasteiger partial charge is 0.417 e. The molecule has 0 aromatic rings. The molecule has 0 aliphatic carbocycles. The molecular weight excluding hydrogens is 202 g/mol. The van der Waals surface area contributed by atoms with Crippen molar-refractivity contribution in [2.24, 2.45) is 0 Å². The second kappa shape index (κ2) is 3.52. The highest BCUT2D eigenvalue weighted by molar-refractivity contribution is 6.04. The lowest BCUT2D eigenvalue weighted by atomic mass is 10.0. The van der Waals surface area contributed by atoms with Crippen LogP contribution >= 0.6 is 0 Å². The third kappa shape index (κ3) is 2.45. The molecule has 2 amide bonds. The number of carboxylic acid groups (broad SMARTS) is 1. The molecule has 15 heavy (non-hydrogen) atoms. The van der Waals surface area contributed by atoms with Crippen molar-refractivity contribution in [3.8, 4) is 0 Å². The van der Waals surface area contributed by atoms with Crippen LogP contribution in [0.3, 0.4) is 0 Å². The summed E-state index contributed by atoms with van der Waals surface area (Å²) in [6, 6.07) is -1.08. The topological polar surface area (TPSA) is 83.9 Å². The SMILES string of the molecule is CC(C)(C)OC(=O)N1C(=O)C[C@@H]1C(=O)O. The molecule has 0 radical (unpaired) electrons. The van der Waals surface area contributed by atoms with E-state index in [2.05, 4.69) is 0 Å². The summed E-state index contributed by atoms with van der Waals surface area (Å²) in [6.07, 6.45) is -1.04. The maximum absolute atomic E-state index is 11.4. The van der Waals surface area contributed by atoms with Crippen molar-refractivity contribution in [2.45, 2.75) is 38.8 Å². The normalized spacial score (nSPS) is 20.9. The Hall–Kier alpha value is -1.59. The van der Waals surface area contributed by atoms with Crippen LogP contribution in [0, 0.1) is 0 Å². The monoisotopic (exact) mass is 215 g/mol. The predicted molar refractivity (Wildman–Crippen MR) is 49.1 cm³/mol. The minimum atomic E-state index is -1.19. The van der Waals surface area contributed by atoms with Gasteiger partial charge in [0.25, 0.3) is 0 Å². The fraction of sp³-hybridized carbons (Fsp3) is 0.667. The first-order valence-corrected chi connectivity index (χ1v) is 4.50. The Bertz CT molecular complexity index is 317. The molecule has 6 nitrogen and oxygen atoms in total. The van der Waals surface area contributed by atoms with E-state index in [0.29, 0.717) is 4.90 Å². The van der Waals surface area contributed by atoms with Gasteiger partial charge in [0.15, 0.2) is 0 Å². The molecule has 0 aromatic carbocycles. The maximum Gasteiger partial charge on any atom is 0.417 e. The van der Waals surface area contributed by atoms with Crippen LogP contribution in [0.2, 0.25) is 0 Å². The zero-order valence-corrected chi connectivity index (χ0v) is 8.81. The van der Waals surface area contributed by atoms with Gasteiger partial charge in [-0.1, -0.05) is 0 Å². The lowest BCUT2D eigenvalue weighted by Crippen LogP contribution is -2.60. The fourth-order valence-electron chi connectivity index (χ4n) is 1.15. The summed E-state index contributed by atoms with van der Waals surface area (Å²) in [5.74, 6) is -1.71. The van der Waals surface area contributed by atoms with E-state index in [1.54, 1.807) is 20.8 Å². The van der Waals surface area contributed by atoms with E-state index in [1.807, 2.05) is 0 Å². The van der Waals surface area contributed by atoms with Gasteiger partial charge in [0.2, 0.25) is 5.91 Å². The van der Waals surface area contributed by atoms with Crippen molar-refractivity contribution in [3.63, 3.8) is 0 Å². The van der Waals surface area contributed by atoms with Crippen LogP contribution in [-0.2, 0) is 14.3 Å². The first kappa shape index (κ1) is 11.5. The molecule has 1 atom stereocenters. The molecular formula is C9H13NO5. The number of rotatable bonds is 1. The summed E-state index contributed by atoms with van der Waals surface area (Å²) in [5, 5.41) is 8.67. The van der Waals surface area contributed by atoms with Crippen molar-refractivity contribution in [1.82, 2.24) is 4.90 Å². The summed E-state index contributed by atoms with van der Waals surface area (Å²) >= 11 is 0. The third-order valence-corrected chi connectivity index (χ3v) is 1.82. The highest BCUT2D eigenvalue weighted by atomic mass is 16.6. The number of imide groups is 1. The fourth-order valence-corrected chi connectivity index (χ4v) is 1.15. The zero-order chi connectivity index (χ0) is 11.8. The van der Waals surface area contributed by atoms with E-state index in [-0.39, 0.29) is 6.42 Å². The highest BCUT2D eigenvalue weighted by Gasteiger charge is 2.47. The number of hydrogen-bond acceptors (Lipinski definition) is 4. The molecule has 1 aliphatic rings. The van der Waals surface area contributed by atoms with Gasteiger partial charge >= 0.3 is 12.1 Å². The molecule has 6 heteroatoms. The Morgan fingerprint density at radius 3 is 2.33 bits per heavy atom. The highest BCUT2D eigenvalue weighted by Crippen LogP contribution is 2.22. The second-order valence-electron chi connectivity index (χ2n) is 4.30. The third-order valence-electron chi connectivity index (χ3n) is 1.82. The molecule has 84 valence electrons. The van der Waals surface area contributed by atoms with Gasteiger partial charge in [0.05, 0.1) is 6.42 Å². The molecule has 1 aliphatic heterocycles. The maximum atomic E-state index is 11.4. The average Bonchev–Trinajstić information content (AvgIpc) is 1.94. The summed E-state index contributed by atoms with van der Waals surface area (Å²) < 4.78 is 4.90. The van der Waals surface area contributed by atoms with Gasteiger partial charge in [-0.2, -0.15) is 0 Å². The number of hydrogen-bond donors (Lipinski definition) is 1. The molecule has 0 saturated carbocycles. The number of aliphatic carboxylic acids is 1. The number of β-lactam (4-membered cyclic amide) rings is 1. The van der Waals surface area contributed by atoms with E-state index in [4.69, 9.17) is 9.84 Å². The van der Waals surface area contributed by atoms with Gasteiger partial charge in [-0.25, -0.2) is 14.5 Å². The molecule has 1 N–H and O–H groups in total. The summed E-state index contributed by atoms with van der Waals surface area (Å²) in [7, 11) is 0. The molecule has 1 saturated heterocycles. The minimum absolute atomic E-state index is 0.144. The van der Waals surface area contributed by atoms with Crippen molar-refractivity contribution in [2.75, 3.05) is 0 Å². The van der Waals surface area contributed by atoms with Crippen LogP contribution < -0.4 is 0 Å². The number of nitrogens with zero attached hydrogens (tertiary/aromatic N) is 1. The molecule has 0 aromatic heterocycles. The second-order valence-corrected chi connectivity index (χ2v) is 4.30. The van der Waals surface area contributed by atoms with E-state index in [1.165, 1.54) is 0 Å². The predicted octanol–water partition coefficient (Wildman–Crippen LogP) is 0.607. The van der Waals surface area contributed by atoms with Crippen molar-refractivity contribution >= 4 is 18.0 Å². The molecule has 0 unspecified atom stereocenters. The van der Waals surface area contributed by atoms with Crippen LogP contribution in [0.25, 0.3) is 0 Å². The van der Waals surface area contributed by atoms with Crippen LogP contribution in [0.5, 0.6) is 0 Å². The number of carboxylic acids is 1. The van der Waals surface area contributed by atoms with Gasteiger partial charge in [0.1, 0.15) is 11.6 Å². The van der Waals surface area contributed by atoms with Crippen LogP contribution in [0.4, 0.5) is 4.79 Å². The number of ether oxygens (including phenoxy) is 1. The lowest BCUT2D eigenvalue weighted by molar-refractivity contribution is -0.160. The minimum Gasteiger partial charge on any atom is -0.480 e. The Labute approximate surface area is 86.8 Å². The van der Waals surface area contributed by atoms with Crippen molar-refractivity contribution in [1.29, 1.82) is 0 Å². The van der Waals surface area contributed by atoms with Crippen LogP contribution in [-0.4, -0.2) is 39.6 Å². The van der Waals surface area contributed by atoms with Crippen LogP contribution in [0.15, 0.2) is 0 Å². The molecule has 1 heterocycles.